The molecule has 2 aromatic heterocycles. The molecule has 0 saturated heterocycles. The number of unbranched alkanes of at least 4 members (excludes halogenated alkanes) is 1. The fraction of sp³-hybridized carbons (Fsp3) is 0.333. The van der Waals surface area contributed by atoms with Crippen LogP contribution in [0.1, 0.15) is 31.7 Å². The average molecular weight is 439 g/mol. The molecular weight excluding hydrogens is 408 g/mol. The predicted molar refractivity (Wildman–Crippen MR) is 131 cm³/mol. The predicted octanol–water partition coefficient (Wildman–Crippen LogP) is 4.80. The Morgan fingerprint density at radius 2 is 2.10 bits per heavy atom. The summed E-state index contributed by atoms with van der Waals surface area (Å²) in [7, 11) is 0. The lowest BCUT2D eigenvalue weighted by atomic mass is 10.0. The van der Waals surface area contributed by atoms with Gasteiger partial charge in [0.05, 0.1) is 21.9 Å². The quantitative estimate of drug-likeness (QED) is 0.279. The van der Waals surface area contributed by atoms with Gasteiger partial charge in [-0.15, -0.1) is 0 Å². The molecular formula is C24H31ClN6. The second kappa shape index (κ2) is 11.1. The maximum atomic E-state index is 6.52. The normalized spacial score (nSPS) is 11.1. The minimum atomic E-state index is 0.464. The first-order chi connectivity index (χ1) is 15.0. The molecule has 164 valence electrons. The van der Waals surface area contributed by atoms with Crippen LogP contribution in [-0.2, 0) is 0 Å². The smallest absolute Gasteiger partial charge is 0.0902 e. The number of allylic oxidation sites excluding steroid dienone is 1. The third kappa shape index (κ3) is 5.94. The zero-order valence-electron chi connectivity index (χ0n) is 18.1. The van der Waals surface area contributed by atoms with Crippen LogP contribution < -0.4 is 11.1 Å². The van der Waals surface area contributed by atoms with Gasteiger partial charge in [0.1, 0.15) is 0 Å². The van der Waals surface area contributed by atoms with E-state index in [1.54, 1.807) is 6.20 Å². The van der Waals surface area contributed by atoms with Crippen molar-refractivity contribution in [1.29, 1.82) is 0 Å². The van der Waals surface area contributed by atoms with E-state index in [1.807, 2.05) is 18.2 Å². The number of hydrogen-bond donors (Lipinski definition) is 3. The average Bonchev–Trinajstić information content (AvgIpc) is 3.31. The molecule has 0 fully saturated rings. The molecule has 0 aliphatic rings. The Balaban J connectivity index is 1.82. The summed E-state index contributed by atoms with van der Waals surface area (Å²) < 4.78 is 0. The van der Waals surface area contributed by atoms with E-state index in [2.05, 4.69) is 52.6 Å². The lowest BCUT2D eigenvalue weighted by molar-refractivity contribution is 0.365. The van der Waals surface area contributed by atoms with Crippen LogP contribution in [0.4, 0.5) is 0 Å². The summed E-state index contributed by atoms with van der Waals surface area (Å²) in [6, 6.07) is 9.85. The van der Waals surface area contributed by atoms with E-state index < -0.39 is 0 Å². The molecule has 0 bridgehead atoms. The third-order valence-corrected chi connectivity index (χ3v) is 5.61. The zero-order chi connectivity index (χ0) is 22.2. The van der Waals surface area contributed by atoms with Crippen LogP contribution >= 0.6 is 11.6 Å². The van der Waals surface area contributed by atoms with Crippen molar-refractivity contribution in [3.05, 3.63) is 66.0 Å². The molecule has 0 aliphatic carbocycles. The number of nitrogens with zero attached hydrogens (tertiary/aromatic N) is 3. The number of halogens is 1. The Kier molecular flexibility index (Phi) is 8.23. The van der Waals surface area contributed by atoms with Crippen molar-refractivity contribution >= 4 is 28.1 Å². The van der Waals surface area contributed by atoms with E-state index in [9.17, 15) is 0 Å². The number of fused-ring (bicyclic) bond motifs is 1. The van der Waals surface area contributed by atoms with Crippen molar-refractivity contribution in [1.82, 2.24) is 25.4 Å². The van der Waals surface area contributed by atoms with Crippen molar-refractivity contribution in [2.24, 2.45) is 5.73 Å². The largest absolute Gasteiger partial charge is 0.370 e. The van der Waals surface area contributed by atoms with Crippen LogP contribution in [0.2, 0.25) is 5.02 Å². The topological polar surface area (TPSA) is 82.9 Å². The number of nitrogens with two attached hydrogens (primary N) is 1. The monoisotopic (exact) mass is 438 g/mol. The van der Waals surface area contributed by atoms with Crippen LogP contribution in [0.3, 0.4) is 0 Å². The van der Waals surface area contributed by atoms with Gasteiger partial charge in [0.15, 0.2) is 0 Å². The van der Waals surface area contributed by atoms with E-state index in [4.69, 9.17) is 22.3 Å². The first kappa shape index (κ1) is 23.0. The summed E-state index contributed by atoms with van der Waals surface area (Å²) in [4.78, 5) is 7.07. The van der Waals surface area contributed by atoms with Crippen LogP contribution in [0, 0.1) is 0 Å². The molecule has 0 atom stereocenters. The minimum Gasteiger partial charge on any atom is -0.370 e. The molecule has 31 heavy (non-hydrogen) atoms. The molecule has 3 rings (SSSR count). The molecule has 0 aliphatic heterocycles. The van der Waals surface area contributed by atoms with Crippen molar-refractivity contribution in [3.63, 3.8) is 0 Å². The molecule has 1 aromatic carbocycles. The SMILES string of the molecule is C=C(CN(CCNCN)C(=C)CCCC)c1ccc2c(Cl)cc(-c3ccn[nH]3)nc2c1. The van der Waals surface area contributed by atoms with Gasteiger partial charge >= 0.3 is 0 Å². The van der Waals surface area contributed by atoms with Crippen molar-refractivity contribution < 1.29 is 0 Å². The molecule has 3 aromatic rings. The molecule has 6 nitrogen and oxygen atoms in total. The number of benzene rings is 1. The Hall–Kier alpha value is -2.67. The fourth-order valence-corrected chi connectivity index (χ4v) is 3.73. The van der Waals surface area contributed by atoms with E-state index in [-0.39, 0.29) is 0 Å². The maximum Gasteiger partial charge on any atom is 0.0902 e. The van der Waals surface area contributed by atoms with Gasteiger partial charge in [0.2, 0.25) is 0 Å². The van der Waals surface area contributed by atoms with Crippen LogP contribution in [0.15, 0.2) is 55.4 Å². The summed E-state index contributed by atoms with van der Waals surface area (Å²) in [5.41, 5.74) is 11.2. The van der Waals surface area contributed by atoms with E-state index >= 15 is 0 Å². The Labute approximate surface area is 189 Å². The highest BCUT2D eigenvalue weighted by molar-refractivity contribution is 6.35. The highest BCUT2D eigenvalue weighted by Gasteiger charge is 2.13. The van der Waals surface area contributed by atoms with Gasteiger partial charge in [0.25, 0.3) is 0 Å². The Morgan fingerprint density at radius 3 is 2.81 bits per heavy atom. The van der Waals surface area contributed by atoms with E-state index in [0.717, 1.165) is 71.5 Å². The maximum absolute atomic E-state index is 6.52. The van der Waals surface area contributed by atoms with Crippen LogP contribution in [-0.4, -0.2) is 46.4 Å². The minimum absolute atomic E-state index is 0.464. The highest BCUT2D eigenvalue weighted by Crippen LogP contribution is 2.29. The molecule has 4 N–H and O–H groups in total. The van der Waals surface area contributed by atoms with Gasteiger partial charge in [-0.2, -0.15) is 5.10 Å². The summed E-state index contributed by atoms with van der Waals surface area (Å²) in [5.74, 6) is 0. The van der Waals surface area contributed by atoms with Gasteiger partial charge in [0, 0.05) is 43.6 Å². The van der Waals surface area contributed by atoms with Crippen LogP contribution in [0.25, 0.3) is 27.9 Å². The van der Waals surface area contributed by atoms with Gasteiger partial charge in [-0.25, -0.2) is 4.98 Å². The van der Waals surface area contributed by atoms with Crippen LogP contribution in [0.5, 0.6) is 0 Å². The highest BCUT2D eigenvalue weighted by atomic mass is 35.5. The number of H-pyrrole nitrogens is 1. The van der Waals surface area contributed by atoms with Gasteiger partial charge in [-0.05, 0) is 42.2 Å². The third-order valence-electron chi connectivity index (χ3n) is 5.29. The summed E-state index contributed by atoms with van der Waals surface area (Å²) >= 11 is 6.52. The first-order valence-electron chi connectivity index (χ1n) is 10.6. The number of nitrogens with one attached hydrogen (secondary N) is 2. The second-order valence-electron chi connectivity index (χ2n) is 7.59. The van der Waals surface area contributed by atoms with Crippen molar-refractivity contribution in [2.45, 2.75) is 26.2 Å². The lowest BCUT2D eigenvalue weighted by Crippen LogP contribution is -2.34. The number of pyridine rings is 1. The summed E-state index contributed by atoms with van der Waals surface area (Å²) in [6.45, 7) is 13.7. The number of rotatable bonds is 12. The lowest BCUT2D eigenvalue weighted by Gasteiger charge is -2.28. The van der Waals surface area contributed by atoms with Crippen molar-refractivity contribution in [3.8, 4) is 11.4 Å². The molecule has 2 heterocycles. The fourth-order valence-electron chi connectivity index (χ4n) is 3.47. The van der Waals surface area contributed by atoms with Gasteiger partial charge in [-0.1, -0.05) is 50.2 Å². The van der Waals surface area contributed by atoms with E-state index in [0.29, 0.717) is 18.2 Å². The molecule has 0 unspecified atom stereocenters. The molecule has 0 radical (unpaired) electrons. The number of hydrogen-bond acceptors (Lipinski definition) is 5. The standard InChI is InChI=1S/C24H31ClN6/c1-4-5-6-18(3)31(12-11-27-16-26)15-17(2)19-7-8-20-21(25)14-24(29-23(20)13-19)22-9-10-28-30-22/h7-10,13-14,27H,2-6,11-12,15-16,26H2,1H3,(H,28,30). The van der Waals surface area contributed by atoms with Gasteiger partial charge < -0.3 is 16.0 Å². The Morgan fingerprint density at radius 1 is 1.26 bits per heavy atom. The summed E-state index contributed by atoms with van der Waals surface area (Å²) in [5, 5.41) is 11.7. The summed E-state index contributed by atoms with van der Waals surface area (Å²) in [6.07, 6.45) is 4.95. The number of aromatic amines is 1. The van der Waals surface area contributed by atoms with Crippen molar-refractivity contribution in [2.75, 3.05) is 26.3 Å². The zero-order valence-corrected chi connectivity index (χ0v) is 18.9. The van der Waals surface area contributed by atoms with E-state index in [1.165, 1.54) is 0 Å². The van der Waals surface area contributed by atoms with Gasteiger partial charge in [-0.3, -0.25) is 5.10 Å². The molecule has 0 amide bonds. The second-order valence-corrected chi connectivity index (χ2v) is 8.00. The molecule has 7 heteroatoms. The molecule has 0 saturated carbocycles. The Bertz CT molecular complexity index is 1030. The first-order valence-corrected chi connectivity index (χ1v) is 11.0. The molecule has 0 spiro atoms. The number of aromatic nitrogens is 3.